The fourth-order valence-corrected chi connectivity index (χ4v) is 4.01. The fraction of sp³-hybridized carbons (Fsp3) is 0.857. The van der Waals surface area contributed by atoms with E-state index >= 15 is 0 Å². The maximum Gasteiger partial charge on any atom is 0.243 e. The van der Waals surface area contributed by atoms with Gasteiger partial charge in [-0.05, 0) is 32.1 Å². The Morgan fingerprint density at radius 3 is 1.93 bits per heavy atom. The van der Waals surface area contributed by atoms with Crippen LogP contribution in [0.4, 0.5) is 0 Å². The first-order valence-corrected chi connectivity index (χ1v) is 10.7. The van der Waals surface area contributed by atoms with E-state index in [4.69, 9.17) is 11.5 Å². The molecular weight excluding hydrogens is 342 g/mol. The SMILES string of the molecule is CCCCCC(=O)N(CC)[C@](CCCC)(C(N)=O)C(CCCC)CC(N)=O. The van der Waals surface area contributed by atoms with Gasteiger partial charge in [-0.1, -0.05) is 59.3 Å². The van der Waals surface area contributed by atoms with Crippen LogP contribution in [0.3, 0.4) is 0 Å². The molecule has 6 heteroatoms. The van der Waals surface area contributed by atoms with Crippen molar-refractivity contribution < 1.29 is 14.4 Å². The minimum atomic E-state index is -1.14. The molecule has 2 atom stereocenters. The molecule has 0 saturated carbocycles. The van der Waals surface area contributed by atoms with Gasteiger partial charge in [0.2, 0.25) is 17.7 Å². The van der Waals surface area contributed by atoms with Crippen molar-refractivity contribution in [1.82, 2.24) is 4.90 Å². The summed E-state index contributed by atoms with van der Waals surface area (Å²) in [6, 6.07) is 0. The zero-order valence-corrected chi connectivity index (χ0v) is 17.9. The lowest BCUT2D eigenvalue weighted by Gasteiger charge is -2.46. The third-order valence-electron chi connectivity index (χ3n) is 5.46. The Balaban J connectivity index is 6.03. The standard InChI is InChI=1S/C21H41N3O3/c1-5-9-12-14-19(26)24(8-4)21(20(23)27,15-11-7-3)17(13-10-6-2)16-18(22)25/h17H,5-16H2,1-4H3,(H2,22,25)(H2,23,27)/t17?,21-/m0/s1. The lowest BCUT2D eigenvalue weighted by molar-refractivity contribution is -0.152. The second-order valence-electron chi connectivity index (χ2n) is 7.50. The zero-order chi connectivity index (χ0) is 20.9. The number of rotatable bonds is 16. The summed E-state index contributed by atoms with van der Waals surface area (Å²) in [5.41, 5.74) is 10.3. The predicted octanol–water partition coefficient (Wildman–Crippen LogP) is 3.51. The summed E-state index contributed by atoms with van der Waals surface area (Å²) in [7, 11) is 0. The van der Waals surface area contributed by atoms with Crippen molar-refractivity contribution in [3.63, 3.8) is 0 Å². The van der Waals surface area contributed by atoms with E-state index < -0.39 is 17.4 Å². The molecular formula is C21H41N3O3. The number of likely N-dealkylation sites (N-methyl/N-ethyl adjacent to an activating group) is 1. The van der Waals surface area contributed by atoms with Gasteiger partial charge in [-0.3, -0.25) is 14.4 Å². The monoisotopic (exact) mass is 383 g/mol. The molecule has 0 bridgehead atoms. The molecule has 0 saturated heterocycles. The maximum absolute atomic E-state index is 13.0. The number of primary amides is 2. The van der Waals surface area contributed by atoms with Gasteiger partial charge in [0.1, 0.15) is 5.54 Å². The van der Waals surface area contributed by atoms with E-state index in [-0.39, 0.29) is 18.2 Å². The zero-order valence-electron chi connectivity index (χ0n) is 17.9. The lowest BCUT2D eigenvalue weighted by atomic mass is 9.73. The molecule has 158 valence electrons. The van der Waals surface area contributed by atoms with Crippen LogP contribution in [0, 0.1) is 5.92 Å². The van der Waals surface area contributed by atoms with Crippen LogP contribution < -0.4 is 11.5 Å². The number of carbonyl (C=O) groups excluding carboxylic acids is 3. The minimum absolute atomic E-state index is 0.0492. The average Bonchev–Trinajstić information content (AvgIpc) is 2.61. The van der Waals surface area contributed by atoms with Crippen molar-refractivity contribution in [3.8, 4) is 0 Å². The van der Waals surface area contributed by atoms with Gasteiger partial charge in [-0.25, -0.2) is 0 Å². The van der Waals surface area contributed by atoms with Crippen LogP contribution in [0.1, 0.15) is 98.3 Å². The number of nitrogens with two attached hydrogens (primary N) is 2. The Morgan fingerprint density at radius 1 is 0.889 bits per heavy atom. The summed E-state index contributed by atoms with van der Waals surface area (Å²) in [4.78, 5) is 39.3. The normalized spacial score (nSPS) is 14.4. The van der Waals surface area contributed by atoms with Crippen molar-refractivity contribution in [2.24, 2.45) is 17.4 Å². The summed E-state index contributed by atoms with van der Waals surface area (Å²) in [6.45, 7) is 8.47. The lowest BCUT2D eigenvalue weighted by Crippen LogP contribution is -2.64. The number of amides is 3. The molecule has 0 aliphatic heterocycles. The summed E-state index contributed by atoms with van der Waals surface area (Å²) in [6.07, 6.45) is 7.86. The van der Waals surface area contributed by atoms with Crippen molar-refractivity contribution in [1.29, 1.82) is 0 Å². The smallest absolute Gasteiger partial charge is 0.243 e. The van der Waals surface area contributed by atoms with E-state index in [2.05, 4.69) is 13.8 Å². The first-order chi connectivity index (χ1) is 12.8. The van der Waals surface area contributed by atoms with Crippen LogP contribution in [0.5, 0.6) is 0 Å². The average molecular weight is 384 g/mol. The number of nitrogens with zero attached hydrogens (tertiary/aromatic N) is 1. The van der Waals surface area contributed by atoms with Crippen LogP contribution in [-0.2, 0) is 14.4 Å². The highest BCUT2D eigenvalue weighted by molar-refractivity contribution is 5.91. The van der Waals surface area contributed by atoms with Gasteiger partial charge in [-0.15, -0.1) is 0 Å². The maximum atomic E-state index is 13.0. The van der Waals surface area contributed by atoms with E-state index in [0.29, 0.717) is 25.8 Å². The van der Waals surface area contributed by atoms with Gasteiger partial charge < -0.3 is 16.4 Å². The third-order valence-corrected chi connectivity index (χ3v) is 5.46. The number of hydrogen-bond donors (Lipinski definition) is 2. The molecule has 3 amide bonds. The molecule has 0 aromatic rings. The van der Waals surface area contributed by atoms with Crippen LogP contribution in [0.2, 0.25) is 0 Å². The Labute approximate surface area is 165 Å². The topological polar surface area (TPSA) is 106 Å². The van der Waals surface area contributed by atoms with Crippen molar-refractivity contribution in [2.45, 2.75) is 104 Å². The van der Waals surface area contributed by atoms with Crippen molar-refractivity contribution in [2.75, 3.05) is 6.54 Å². The number of hydrogen-bond acceptors (Lipinski definition) is 3. The van der Waals surface area contributed by atoms with Gasteiger partial charge in [0.05, 0.1) is 0 Å². The van der Waals surface area contributed by atoms with Gasteiger partial charge in [-0.2, -0.15) is 0 Å². The first kappa shape index (κ1) is 25.4. The third kappa shape index (κ3) is 7.51. The fourth-order valence-electron chi connectivity index (χ4n) is 4.01. The highest BCUT2D eigenvalue weighted by Crippen LogP contribution is 2.37. The largest absolute Gasteiger partial charge is 0.370 e. The Morgan fingerprint density at radius 2 is 1.48 bits per heavy atom. The van der Waals surface area contributed by atoms with E-state index in [1.807, 2.05) is 13.8 Å². The molecule has 0 fully saturated rings. The van der Waals surface area contributed by atoms with Gasteiger partial charge >= 0.3 is 0 Å². The van der Waals surface area contributed by atoms with Gasteiger partial charge in [0, 0.05) is 19.4 Å². The molecule has 0 radical (unpaired) electrons. The van der Waals surface area contributed by atoms with Gasteiger partial charge in [0.15, 0.2) is 0 Å². The molecule has 0 rings (SSSR count). The Hall–Kier alpha value is -1.59. The van der Waals surface area contributed by atoms with Crippen LogP contribution in [0.25, 0.3) is 0 Å². The molecule has 27 heavy (non-hydrogen) atoms. The van der Waals surface area contributed by atoms with E-state index in [9.17, 15) is 14.4 Å². The minimum Gasteiger partial charge on any atom is -0.370 e. The Bertz CT molecular complexity index is 468. The summed E-state index contributed by atoms with van der Waals surface area (Å²) >= 11 is 0. The quantitative estimate of drug-likeness (QED) is 0.398. The molecule has 0 spiro atoms. The molecule has 6 nitrogen and oxygen atoms in total. The molecule has 0 aliphatic carbocycles. The van der Waals surface area contributed by atoms with E-state index in [0.717, 1.165) is 44.9 Å². The Kier molecular flexibility index (Phi) is 12.8. The first-order valence-electron chi connectivity index (χ1n) is 10.7. The number of carbonyl (C=O) groups is 3. The molecule has 0 aromatic heterocycles. The van der Waals surface area contributed by atoms with E-state index in [1.165, 1.54) is 0 Å². The van der Waals surface area contributed by atoms with Crippen molar-refractivity contribution >= 4 is 17.7 Å². The van der Waals surface area contributed by atoms with Crippen molar-refractivity contribution in [3.05, 3.63) is 0 Å². The summed E-state index contributed by atoms with van der Waals surface area (Å²) in [5, 5.41) is 0. The molecule has 0 aromatic carbocycles. The van der Waals surface area contributed by atoms with Crippen LogP contribution in [-0.4, -0.2) is 34.7 Å². The van der Waals surface area contributed by atoms with Crippen LogP contribution in [0.15, 0.2) is 0 Å². The molecule has 0 aliphatic rings. The summed E-state index contributed by atoms with van der Waals surface area (Å²) < 4.78 is 0. The highest BCUT2D eigenvalue weighted by Gasteiger charge is 2.49. The highest BCUT2D eigenvalue weighted by atomic mass is 16.2. The van der Waals surface area contributed by atoms with Crippen LogP contribution >= 0.6 is 0 Å². The molecule has 1 unspecified atom stereocenters. The summed E-state index contributed by atoms with van der Waals surface area (Å²) in [5.74, 6) is -1.35. The van der Waals surface area contributed by atoms with Gasteiger partial charge in [0.25, 0.3) is 0 Å². The molecule has 4 N–H and O–H groups in total. The molecule has 0 heterocycles. The second kappa shape index (κ2) is 13.6. The van der Waals surface area contributed by atoms with E-state index in [1.54, 1.807) is 4.90 Å². The second-order valence-corrected chi connectivity index (χ2v) is 7.50. The predicted molar refractivity (Wildman–Crippen MR) is 110 cm³/mol. The number of unbranched alkanes of at least 4 members (excludes halogenated alkanes) is 4.